The minimum Gasteiger partial charge on any atom is -0.465 e. The first-order valence-corrected chi connectivity index (χ1v) is 7.47. The Kier molecular flexibility index (Phi) is 5.01. The van der Waals surface area contributed by atoms with Gasteiger partial charge in [0.2, 0.25) is 0 Å². The highest BCUT2D eigenvalue weighted by Crippen LogP contribution is 2.26. The monoisotopic (exact) mass is 353 g/mol. The lowest BCUT2D eigenvalue weighted by Gasteiger charge is -2.04. The first-order valence-electron chi connectivity index (χ1n) is 6.68. The Bertz CT molecular complexity index is 678. The van der Waals surface area contributed by atoms with Gasteiger partial charge in [-0.3, -0.25) is 4.79 Å². The van der Waals surface area contributed by atoms with Crippen molar-refractivity contribution in [2.75, 3.05) is 13.2 Å². The topological polar surface area (TPSA) is 57.5 Å². The van der Waals surface area contributed by atoms with Crippen molar-refractivity contribution >= 4 is 38.8 Å². The van der Waals surface area contributed by atoms with Gasteiger partial charge in [0.1, 0.15) is 6.54 Å². The Labute approximate surface area is 131 Å². The number of fused-ring (bicyclic) bond motifs is 1. The van der Waals surface area contributed by atoms with Crippen LogP contribution in [0.25, 0.3) is 10.9 Å². The van der Waals surface area contributed by atoms with E-state index >= 15 is 0 Å². The zero-order chi connectivity index (χ0) is 15.4. The van der Waals surface area contributed by atoms with Gasteiger partial charge in [-0.25, -0.2) is 4.79 Å². The van der Waals surface area contributed by atoms with Gasteiger partial charge in [-0.1, -0.05) is 15.9 Å². The largest absolute Gasteiger partial charge is 0.465 e. The molecular formula is C15H16BrNO4. The number of carbonyl (C=O) groups is 2. The molecule has 0 fully saturated rings. The van der Waals surface area contributed by atoms with Crippen molar-refractivity contribution in [1.29, 1.82) is 0 Å². The number of nitrogens with zero attached hydrogens (tertiary/aromatic N) is 1. The Balaban J connectivity index is 2.46. The fourth-order valence-corrected chi connectivity index (χ4v) is 2.48. The van der Waals surface area contributed by atoms with Crippen molar-refractivity contribution < 1.29 is 19.1 Å². The summed E-state index contributed by atoms with van der Waals surface area (Å²) in [7, 11) is 0. The predicted molar refractivity (Wildman–Crippen MR) is 82.2 cm³/mol. The first-order chi connectivity index (χ1) is 10.1. The van der Waals surface area contributed by atoms with Gasteiger partial charge < -0.3 is 14.0 Å². The van der Waals surface area contributed by atoms with Crippen LogP contribution in [0.2, 0.25) is 0 Å². The van der Waals surface area contributed by atoms with Crippen molar-refractivity contribution in [2.24, 2.45) is 0 Å². The molecule has 21 heavy (non-hydrogen) atoms. The maximum atomic E-state index is 12.0. The summed E-state index contributed by atoms with van der Waals surface area (Å²) in [4.78, 5) is 23.7. The van der Waals surface area contributed by atoms with Gasteiger partial charge in [0.05, 0.1) is 18.8 Å². The Morgan fingerprint density at radius 3 is 2.57 bits per heavy atom. The predicted octanol–water partition coefficient (Wildman–Crippen LogP) is 3.14. The number of aromatic nitrogens is 1. The molecule has 0 spiro atoms. The number of hydrogen-bond acceptors (Lipinski definition) is 4. The van der Waals surface area contributed by atoms with Crippen molar-refractivity contribution in [2.45, 2.75) is 20.4 Å². The molecule has 5 nitrogen and oxygen atoms in total. The normalized spacial score (nSPS) is 10.6. The van der Waals surface area contributed by atoms with Gasteiger partial charge in [0.15, 0.2) is 0 Å². The van der Waals surface area contributed by atoms with Crippen LogP contribution in [-0.4, -0.2) is 29.7 Å². The molecule has 0 saturated heterocycles. The minimum absolute atomic E-state index is 0.0609. The van der Waals surface area contributed by atoms with Crippen molar-refractivity contribution in [3.05, 3.63) is 34.4 Å². The van der Waals surface area contributed by atoms with E-state index in [1.165, 1.54) is 0 Å². The molecular weight excluding hydrogens is 338 g/mol. The molecule has 0 aliphatic heterocycles. The molecule has 1 aromatic carbocycles. The Morgan fingerprint density at radius 2 is 1.90 bits per heavy atom. The molecule has 0 atom stereocenters. The highest BCUT2D eigenvalue weighted by molar-refractivity contribution is 9.10. The summed E-state index contributed by atoms with van der Waals surface area (Å²) in [5.74, 6) is -0.740. The fourth-order valence-electron chi connectivity index (χ4n) is 2.12. The smallest absolute Gasteiger partial charge is 0.340 e. The van der Waals surface area contributed by atoms with Gasteiger partial charge in [-0.05, 0) is 32.0 Å². The van der Waals surface area contributed by atoms with Gasteiger partial charge in [-0.2, -0.15) is 0 Å². The summed E-state index contributed by atoms with van der Waals surface area (Å²) in [6.45, 7) is 4.20. The molecule has 2 rings (SSSR count). The molecule has 0 aliphatic rings. The molecule has 0 aliphatic carbocycles. The number of esters is 2. The van der Waals surface area contributed by atoms with E-state index in [1.807, 2.05) is 18.2 Å². The van der Waals surface area contributed by atoms with Crippen molar-refractivity contribution in [1.82, 2.24) is 4.57 Å². The van der Waals surface area contributed by atoms with Crippen LogP contribution in [0, 0.1) is 0 Å². The summed E-state index contributed by atoms with van der Waals surface area (Å²) in [6, 6.07) is 5.55. The van der Waals surface area contributed by atoms with Crippen LogP contribution in [0.15, 0.2) is 28.9 Å². The van der Waals surface area contributed by atoms with Crippen LogP contribution >= 0.6 is 15.9 Å². The molecule has 0 N–H and O–H groups in total. The summed E-state index contributed by atoms with van der Waals surface area (Å²) >= 11 is 3.39. The van der Waals surface area contributed by atoms with Gasteiger partial charge in [0.25, 0.3) is 0 Å². The molecule has 0 saturated carbocycles. The molecule has 0 radical (unpaired) electrons. The first kappa shape index (κ1) is 15.6. The van der Waals surface area contributed by atoms with Crippen LogP contribution in [-0.2, 0) is 20.8 Å². The van der Waals surface area contributed by atoms with E-state index < -0.39 is 5.97 Å². The summed E-state index contributed by atoms with van der Waals surface area (Å²) < 4.78 is 12.6. The van der Waals surface area contributed by atoms with E-state index in [0.29, 0.717) is 18.8 Å². The highest BCUT2D eigenvalue weighted by atomic mass is 79.9. The molecule has 112 valence electrons. The van der Waals surface area contributed by atoms with Crippen LogP contribution in [0.1, 0.15) is 24.2 Å². The maximum Gasteiger partial charge on any atom is 0.340 e. The summed E-state index contributed by atoms with van der Waals surface area (Å²) in [6.07, 6.45) is 1.63. The third-order valence-corrected chi connectivity index (χ3v) is 3.44. The maximum absolute atomic E-state index is 12.0. The van der Waals surface area contributed by atoms with Crippen LogP contribution < -0.4 is 0 Å². The molecule has 1 aromatic heterocycles. The second kappa shape index (κ2) is 6.76. The summed E-state index contributed by atoms with van der Waals surface area (Å²) in [5.41, 5.74) is 1.23. The van der Waals surface area contributed by atoms with Crippen LogP contribution in [0.3, 0.4) is 0 Å². The van der Waals surface area contributed by atoms with E-state index in [9.17, 15) is 9.59 Å². The van der Waals surface area contributed by atoms with Gasteiger partial charge in [0, 0.05) is 21.6 Å². The standard InChI is InChI=1S/C15H16BrNO4/c1-3-20-14(18)9-17-8-12(15(19)21-4-2)11-7-10(16)5-6-13(11)17/h5-8H,3-4,9H2,1-2H3. The zero-order valence-corrected chi connectivity index (χ0v) is 13.5. The van der Waals surface area contributed by atoms with E-state index in [4.69, 9.17) is 9.47 Å². The SMILES string of the molecule is CCOC(=O)Cn1cc(C(=O)OCC)c2cc(Br)ccc21. The lowest BCUT2D eigenvalue weighted by molar-refractivity contribution is -0.143. The average Bonchev–Trinajstić information content (AvgIpc) is 2.77. The number of benzene rings is 1. The highest BCUT2D eigenvalue weighted by Gasteiger charge is 2.17. The number of hydrogen-bond donors (Lipinski definition) is 0. The van der Waals surface area contributed by atoms with E-state index in [0.717, 1.165) is 15.4 Å². The van der Waals surface area contributed by atoms with E-state index in [-0.39, 0.29) is 12.5 Å². The number of rotatable bonds is 5. The Hall–Kier alpha value is -1.82. The second-order valence-electron chi connectivity index (χ2n) is 4.36. The molecule has 1 heterocycles. The quantitative estimate of drug-likeness (QED) is 0.774. The number of ether oxygens (including phenoxy) is 2. The van der Waals surface area contributed by atoms with Crippen molar-refractivity contribution in [3.63, 3.8) is 0 Å². The molecule has 6 heteroatoms. The lowest BCUT2D eigenvalue weighted by Crippen LogP contribution is -2.12. The van der Waals surface area contributed by atoms with Gasteiger partial charge >= 0.3 is 11.9 Å². The summed E-state index contributed by atoms with van der Waals surface area (Å²) in [5, 5.41) is 0.743. The van der Waals surface area contributed by atoms with Crippen LogP contribution in [0.5, 0.6) is 0 Å². The van der Waals surface area contributed by atoms with Crippen molar-refractivity contribution in [3.8, 4) is 0 Å². The minimum atomic E-state index is -0.400. The fraction of sp³-hybridized carbons (Fsp3) is 0.333. The third-order valence-electron chi connectivity index (χ3n) is 2.94. The van der Waals surface area contributed by atoms with Gasteiger partial charge in [-0.15, -0.1) is 0 Å². The third kappa shape index (κ3) is 3.44. The Morgan fingerprint density at radius 1 is 1.19 bits per heavy atom. The molecule has 0 bridgehead atoms. The molecule has 0 amide bonds. The lowest BCUT2D eigenvalue weighted by atomic mass is 10.2. The molecule has 2 aromatic rings. The van der Waals surface area contributed by atoms with E-state index in [2.05, 4.69) is 15.9 Å². The molecule has 0 unspecified atom stereocenters. The number of halogens is 1. The van der Waals surface area contributed by atoms with E-state index in [1.54, 1.807) is 24.6 Å². The van der Waals surface area contributed by atoms with Crippen LogP contribution in [0.4, 0.5) is 0 Å². The number of carbonyl (C=O) groups excluding carboxylic acids is 2. The second-order valence-corrected chi connectivity index (χ2v) is 5.27. The average molecular weight is 354 g/mol. The zero-order valence-electron chi connectivity index (χ0n) is 11.9.